The molecule has 0 aliphatic carbocycles. The predicted molar refractivity (Wildman–Crippen MR) is 67.9 cm³/mol. The number of nitrogens with two attached hydrogens (primary N) is 1. The molecule has 3 rings (SSSR count). The summed E-state index contributed by atoms with van der Waals surface area (Å²) in [5.74, 6) is 0. The van der Waals surface area contributed by atoms with Crippen molar-refractivity contribution in [3.63, 3.8) is 0 Å². The third-order valence-electron chi connectivity index (χ3n) is 3.50. The number of hydrogen-bond acceptors (Lipinski definition) is 3. The number of rotatable bonds is 0. The summed E-state index contributed by atoms with van der Waals surface area (Å²) in [4.78, 5) is 16.0. The molecule has 0 bridgehead atoms. The summed E-state index contributed by atoms with van der Waals surface area (Å²) in [6.45, 7) is 4.00. The van der Waals surface area contributed by atoms with Crippen LogP contribution in [-0.4, -0.2) is 42.1 Å². The molecule has 0 spiro atoms. The Bertz CT molecular complexity index is 469. The second-order valence-corrected chi connectivity index (χ2v) is 4.77. The summed E-state index contributed by atoms with van der Waals surface area (Å²) >= 11 is 0. The van der Waals surface area contributed by atoms with Gasteiger partial charge in [-0.2, -0.15) is 0 Å². The van der Waals surface area contributed by atoms with Gasteiger partial charge in [0.25, 0.3) is 0 Å². The van der Waals surface area contributed by atoms with Crippen molar-refractivity contribution in [3.05, 3.63) is 29.3 Å². The molecule has 2 aliphatic rings. The summed E-state index contributed by atoms with van der Waals surface area (Å²) in [6, 6.07) is 5.97. The lowest BCUT2D eigenvalue weighted by molar-refractivity contribution is 0.0430. The van der Waals surface area contributed by atoms with Gasteiger partial charge in [-0.15, -0.1) is 0 Å². The Morgan fingerprint density at radius 1 is 1.11 bits per heavy atom. The maximum Gasteiger partial charge on any atom is 0.320 e. The van der Waals surface area contributed by atoms with Gasteiger partial charge >= 0.3 is 6.03 Å². The van der Waals surface area contributed by atoms with E-state index >= 15 is 0 Å². The maximum absolute atomic E-state index is 12.3. The van der Waals surface area contributed by atoms with Gasteiger partial charge in [-0.3, -0.25) is 0 Å². The van der Waals surface area contributed by atoms with Crippen molar-refractivity contribution >= 4 is 11.7 Å². The van der Waals surface area contributed by atoms with Crippen molar-refractivity contribution < 1.29 is 9.53 Å². The molecule has 5 nitrogen and oxygen atoms in total. The third-order valence-corrected chi connectivity index (χ3v) is 3.50. The lowest BCUT2D eigenvalue weighted by atomic mass is 10.1. The fraction of sp³-hybridized carbons (Fsp3) is 0.462. The minimum absolute atomic E-state index is 0.105. The van der Waals surface area contributed by atoms with Gasteiger partial charge in [0.15, 0.2) is 0 Å². The van der Waals surface area contributed by atoms with Crippen LogP contribution in [0.5, 0.6) is 0 Å². The SMILES string of the molecule is Nc1ccc2c(c1)CN(C(=O)N1CCOCC1)C2. The van der Waals surface area contributed by atoms with Gasteiger partial charge in [0.05, 0.1) is 13.2 Å². The second kappa shape index (κ2) is 4.49. The van der Waals surface area contributed by atoms with Crippen molar-refractivity contribution in [2.45, 2.75) is 13.1 Å². The molecule has 2 N–H and O–H groups in total. The molecular weight excluding hydrogens is 230 g/mol. The minimum Gasteiger partial charge on any atom is -0.399 e. The van der Waals surface area contributed by atoms with E-state index in [4.69, 9.17) is 10.5 Å². The van der Waals surface area contributed by atoms with Crippen LogP contribution in [0, 0.1) is 0 Å². The minimum atomic E-state index is 0.105. The van der Waals surface area contributed by atoms with Crippen LogP contribution in [0.3, 0.4) is 0 Å². The molecule has 2 amide bonds. The zero-order valence-corrected chi connectivity index (χ0v) is 10.3. The molecule has 5 heteroatoms. The van der Waals surface area contributed by atoms with E-state index < -0.39 is 0 Å². The average molecular weight is 247 g/mol. The highest BCUT2D eigenvalue weighted by Crippen LogP contribution is 2.25. The molecule has 1 fully saturated rings. The lowest BCUT2D eigenvalue weighted by Crippen LogP contribution is -2.46. The van der Waals surface area contributed by atoms with Crippen molar-refractivity contribution in [1.29, 1.82) is 0 Å². The molecule has 1 aromatic rings. The quantitative estimate of drug-likeness (QED) is 0.697. The highest BCUT2D eigenvalue weighted by atomic mass is 16.5. The Kier molecular flexibility index (Phi) is 2.83. The monoisotopic (exact) mass is 247 g/mol. The van der Waals surface area contributed by atoms with Crippen LogP contribution in [0.2, 0.25) is 0 Å². The van der Waals surface area contributed by atoms with Crippen LogP contribution in [0.4, 0.5) is 10.5 Å². The Morgan fingerprint density at radius 2 is 1.83 bits per heavy atom. The topological polar surface area (TPSA) is 58.8 Å². The van der Waals surface area contributed by atoms with Crippen LogP contribution >= 0.6 is 0 Å². The van der Waals surface area contributed by atoms with Gasteiger partial charge in [0.1, 0.15) is 0 Å². The van der Waals surface area contributed by atoms with E-state index in [1.165, 1.54) is 5.56 Å². The van der Waals surface area contributed by atoms with Crippen LogP contribution < -0.4 is 5.73 Å². The molecule has 0 unspecified atom stereocenters. The fourth-order valence-corrected chi connectivity index (χ4v) is 2.50. The number of fused-ring (bicyclic) bond motifs is 1. The van der Waals surface area contributed by atoms with Crippen molar-refractivity contribution in [2.75, 3.05) is 32.0 Å². The van der Waals surface area contributed by atoms with Crippen LogP contribution in [-0.2, 0) is 17.8 Å². The summed E-state index contributed by atoms with van der Waals surface area (Å²) in [6.07, 6.45) is 0. The molecule has 0 aromatic heterocycles. The average Bonchev–Trinajstić information content (AvgIpc) is 2.81. The smallest absolute Gasteiger partial charge is 0.320 e. The summed E-state index contributed by atoms with van der Waals surface area (Å²) in [7, 11) is 0. The number of urea groups is 1. The van der Waals surface area contributed by atoms with Gasteiger partial charge < -0.3 is 20.3 Å². The lowest BCUT2D eigenvalue weighted by Gasteiger charge is -2.30. The zero-order valence-electron chi connectivity index (χ0n) is 10.3. The first kappa shape index (κ1) is 11.3. The first-order valence-electron chi connectivity index (χ1n) is 6.23. The van der Waals surface area contributed by atoms with Crippen LogP contribution in [0.15, 0.2) is 18.2 Å². The number of carbonyl (C=O) groups excluding carboxylic acids is 1. The highest BCUT2D eigenvalue weighted by molar-refractivity contribution is 5.75. The molecule has 2 heterocycles. The molecule has 1 saturated heterocycles. The molecule has 0 saturated carbocycles. The van der Waals surface area contributed by atoms with Gasteiger partial charge in [-0.1, -0.05) is 6.07 Å². The second-order valence-electron chi connectivity index (χ2n) is 4.77. The van der Waals surface area contributed by atoms with E-state index in [0.29, 0.717) is 39.4 Å². The van der Waals surface area contributed by atoms with E-state index in [0.717, 1.165) is 11.3 Å². The predicted octanol–water partition coefficient (Wildman–Crippen LogP) is 1.04. The van der Waals surface area contributed by atoms with Crippen molar-refractivity contribution in [1.82, 2.24) is 9.80 Å². The molecule has 0 radical (unpaired) electrons. The van der Waals surface area contributed by atoms with Gasteiger partial charge in [0, 0.05) is 31.9 Å². The summed E-state index contributed by atoms with van der Waals surface area (Å²) < 4.78 is 5.26. The van der Waals surface area contributed by atoms with E-state index in [1.807, 2.05) is 28.0 Å². The standard InChI is InChI=1S/C13H17N3O2/c14-12-2-1-10-8-16(9-11(10)7-12)13(17)15-3-5-18-6-4-15/h1-2,7H,3-6,8-9,14H2. The Hall–Kier alpha value is -1.75. The molecule has 96 valence electrons. The van der Waals surface area contributed by atoms with E-state index in [1.54, 1.807) is 0 Å². The van der Waals surface area contributed by atoms with Crippen LogP contribution in [0.25, 0.3) is 0 Å². The van der Waals surface area contributed by atoms with E-state index in [-0.39, 0.29) is 6.03 Å². The number of nitrogen functional groups attached to an aromatic ring is 1. The molecular formula is C13H17N3O2. The number of hydrogen-bond donors (Lipinski definition) is 1. The third kappa shape index (κ3) is 2.01. The van der Waals surface area contributed by atoms with E-state index in [9.17, 15) is 4.79 Å². The largest absolute Gasteiger partial charge is 0.399 e. The normalized spacial score (nSPS) is 18.9. The number of benzene rings is 1. The molecule has 0 atom stereocenters. The molecule has 18 heavy (non-hydrogen) atoms. The number of anilines is 1. The Labute approximate surface area is 106 Å². The fourth-order valence-electron chi connectivity index (χ4n) is 2.50. The summed E-state index contributed by atoms with van der Waals surface area (Å²) in [5.41, 5.74) is 8.89. The maximum atomic E-state index is 12.3. The van der Waals surface area contributed by atoms with Gasteiger partial charge in [-0.25, -0.2) is 4.79 Å². The van der Waals surface area contributed by atoms with Crippen molar-refractivity contribution in [2.24, 2.45) is 0 Å². The van der Waals surface area contributed by atoms with Gasteiger partial charge in [-0.05, 0) is 23.3 Å². The first-order chi connectivity index (χ1) is 8.74. The van der Waals surface area contributed by atoms with Crippen LogP contribution in [0.1, 0.15) is 11.1 Å². The van der Waals surface area contributed by atoms with Crippen molar-refractivity contribution in [3.8, 4) is 0 Å². The zero-order chi connectivity index (χ0) is 12.5. The molecule has 1 aromatic carbocycles. The molecule has 2 aliphatic heterocycles. The van der Waals surface area contributed by atoms with Gasteiger partial charge in [0.2, 0.25) is 0 Å². The summed E-state index contributed by atoms with van der Waals surface area (Å²) in [5, 5.41) is 0. The number of amides is 2. The Morgan fingerprint density at radius 3 is 2.61 bits per heavy atom. The number of ether oxygens (including phenoxy) is 1. The first-order valence-corrected chi connectivity index (χ1v) is 6.23. The number of carbonyl (C=O) groups is 1. The number of nitrogens with zero attached hydrogens (tertiary/aromatic N) is 2. The highest BCUT2D eigenvalue weighted by Gasteiger charge is 2.27. The number of morpholine rings is 1. The Balaban J connectivity index is 1.71. The van der Waals surface area contributed by atoms with E-state index in [2.05, 4.69) is 0 Å².